The number of aryl methyl sites for hydroxylation is 1. The summed E-state index contributed by atoms with van der Waals surface area (Å²) in [7, 11) is -3.78. The van der Waals surface area contributed by atoms with Gasteiger partial charge in [0, 0.05) is 11.8 Å². The van der Waals surface area contributed by atoms with Crippen LogP contribution in [-0.4, -0.2) is 24.4 Å². The van der Waals surface area contributed by atoms with Gasteiger partial charge in [0.25, 0.3) is 15.9 Å². The smallest absolute Gasteiger partial charge is 0.261 e. The maximum absolute atomic E-state index is 12.5. The number of hydrogen-bond acceptors (Lipinski definition) is 5. The molecule has 0 saturated heterocycles. The molecule has 0 radical (unpaired) electrons. The van der Waals surface area contributed by atoms with Gasteiger partial charge >= 0.3 is 0 Å². The summed E-state index contributed by atoms with van der Waals surface area (Å²) in [6.45, 7) is 1.80. The van der Waals surface area contributed by atoms with Crippen LogP contribution in [0, 0.1) is 6.92 Å². The van der Waals surface area contributed by atoms with Crippen molar-refractivity contribution in [2.24, 2.45) is 0 Å². The third-order valence-electron chi connectivity index (χ3n) is 3.83. The molecule has 138 valence electrons. The van der Waals surface area contributed by atoms with Gasteiger partial charge in [-0.25, -0.2) is 13.4 Å². The Balaban J connectivity index is 1.77. The number of carbonyl (C=O) groups excluding carboxylic acids is 1. The molecule has 27 heavy (non-hydrogen) atoms. The van der Waals surface area contributed by atoms with Gasteiger partial charge in [-0.2, -0.15) is 0 Å². The minimum Gasteiger partial charge on any atom is -0.504 e. The Morgan fingerprint density at radius 2 is 1.70 bits per heavy atom. The number of benzene rings is 2. The van der Waals surface area contributed by atoms with Crippen LogP contribution in [0.15, 0.2) is 71.8 Å². The van der Waals surface area contributed by atoms with Gasteiger partial charge in [0.1, 0.15) is 0 Å². The zero-order valence-corrected chi connectivity index (χ0v) is 15.2. The summed E-state index contributed by atoms with van der Waals surface area (Å²) in [5.74, 6) is -0.646. The van der Waals surface area contributed by atoms with Crippen molar-refractivity contribution in [2.45, 2.75) is 11.8 Å². The molecule has 1 heterocycles. The maximum atomic E-state index is 12.5. The predicted octanol–water partition coefficient (Wildman–Crippen LogP) is 3.15. The Morgan fingerprint density at radius 3 is 2.37 bits per heavy atom. The Kier molecular flexibility index (Phi) is 5.09. The Hall–Kier alpha value is -3.39. The second-order valence-electron chi connectivity index (χ2n) is 5.77. The number of nitrogens with one attached hydrogen (secondary N) is 2. The standard InChI is InChI=1S/C19H17N3O4S/c1-13-5-2-3-6-16(13)22-27(25,26)15-10-8-14(9-11-15)19(24)21-18-17(23)7-4-12-20-18/h2-12,22-23H,1H3,(H,20,21,24). The topological polar surface area (TPSA) is 108 Å². The summed E-state index contributed by atoms with van der Waals surface area (Å²) in [5.41, 5.74) is 1.52. The van der Waals surface area contributed by atoms with Gasteiger partial charge in [0.15, 0.2) is 11.6 Å². The van der Waals surface area contributed by atoms with Gasteiger partial charge in [-0.1, -0.05) is 18.2 Å². The van der Waals surface area contributed by atoms with Crippen LogP contribution in [0.5, 0.6) is 5.75 Å². The van der Waals surface area contributed by atoms with Crippen LogP contribution in [0.2, 0.25) is 0 Å². The van der Waals surface area contributed by atoms with Crippen LogP contribution >= 0.6 is 0 Å². The number of carbonyl (C=O) groups is 1. The highest BCUT2D eigenvalue weighted by molar-refractivity contribution is 7.92. The van der Waals surface area contributed by atoms with E-state index in [0.29, 0.717) is 5.69 Å². The average molecular weight is 383 g/mol. The van der Waals surface area contributed by atoms with Crippen molar-refractivity contribution in [3.8, 4) is 5.75 Å². The first kappa shape index (κ1) is 18.4. The molecule has 0 spiro atoms. The number of aromatic hydroxyl groups is 1. The fraction of sp³-hybridized carbons (Fsp3) is 0.0526. The number of para-hydroxylation sites is 1. The number of amides is 1. The van der Waals surface area contributed by atoms with Gasteiger partial charge in [-0.15, -0.1) is 0 Å². The largest absolute Gasteiger partial charge is 0.504 e. The molecule has 1 amide bonds. The number of nitrogens with zero attached hydrogens (tertiary/aromatic N) is 1. The molecule has 3 N–H and O–H groups in total. The summed E-state index contributed by atoms with van der Waals surface area (Å²) < 4.78 is 27.6. The van der Waals surface area contributed by atoms with Crippen LogP contribution in [0.1, 0.15) is 15.9 Å². The zero-order valence-electron chi connectivity index (χ0n) is 14.4. The SMILES string of the molecule is Cc1ccccc1NS(=O)(=O)c1ccc(C(=O)Nc2ncccc2O)cc1. The predicted molar refractivity (Wildman–Crippen MR) is 102 cm³/mol. The van der Waals surface area contributed by atoms with Crippen molar-refractivity contribution in [1.82, 2.24) is 4.98 Å². The highest BCUT2D eigenvalue weighted by Gasteiger charge is 2.16. The summed E-state index contributed by atoms with van der Waals surface area (Å²) in [6, 6.07) is 15.4. The molecule has 0 aliphatic carbocycles. The van der Waals surface area contributed by atoms with Crippen LogP contribution in [0.25, 0.3) is 0 Å². The van der Waals surface area contributed by atoms with E-state index in [1.165, 1.54) is 42.6 Å². The van der Waals surface area contributed by atoms with Crippen LogP contribution in [0.3, 0.4) is 0 Å². The number of anilines is 2. The first-order valence-corrected chi connectivity index (χ1v) is 9.49. The minimum atomic E-state index is -3.78. The Bertz CT molecular complexity index is 1080. The molecule has 0 unspecified atom stereocenters. The normalized spacial score (nSPS) is 11.0. The van der Waals surface area contributed by atoms with Crippen LogP contribution < -0.4 is 10.0 Å². The van der Waals surface area contributed by atoms with Gasteiger partial charge in [0.05, 0.1) is 10.6 Å². The molecule has 8 heteroatoms. The van der Waals surface area contributed by atoms with Crippen molar-refractivity contribution >= 4 is 27.4 Å². The number of aromatic nitrogens is 1. The maximum Gasteiger partial charge on any atom is 0.261 e. The molecule has 0 saturated carbocycles. The highest BCUT2D eigenvalue weighted by atomic mass is 32.2. The van der Waals surface area contributed by atoms with Crippen molar-refractivity contribution in [1.29, 1.82) is 0 Å². The molecule has 0 atom stereocenters. The van der Waals surface area contributed by atoms with Gasteiger partial charge < -0.3 is 10.4 Å². The second kappa shape index (κ2) is 7.46. The number of pyridine rings is 1. The minimum absolute atomic E-state index is 0.0282. The molecule has 0 bridgehead atoms. The average Bonchev–Trinajstić information content (AvgIpc) is 2.65. The summed E-state index contributed by atoms with van der Waals surface area (Å²) in [4.78, 5) is 16.1. The van der Waals surface area contributed by atoms with Gasteiger partial charge in [-0.3, -0.25) is 9.52 Å². The molecule has 2 aromatic carbocycles. The van der Waals surface area contributed by atoms with E-state index in [0.717, 1.165) is 5.56 Å². The molecule has 7 nitrogen and oxygen atoms in total. The second-order valence-corrected chi connectivity index (χ2v) is 7.45. The van der Waals surface area contributed by atoms with E-state index in [1.54, 1.807) is 25.1 Å². The summed E-state index contributed by atoms with van der Waals surface area (Å²) in [6.07, 6.45) is 1.43. The van der Waals surface area contributed by atoms with Crippen molar-refractivity contribution in [3.05, 3.63) is 78.0 Å². The molecular weight excluding hydrogens is 366 g/mol. The van der Waals surface area contributed by atoms with Crippen molar-refractivity contribution in [3.63, 3.8) is 0 Å². The fourth-order valence-corrected chi connectivity index (χ4v) is 3.48. The first-order valence-electron chi connectivity index (χ1n) is 8.01. The van der Waals surface area contributed by atoms with E-state index < -0.39 is 15.9 Å². The Labute approximate surface area is 156 Å². The number of rotatable bonds is 5. The van der Waals surface area contributed by atoms with E-state index in [9.17, 15) is 18.3 Å². The van der Waals surface area contributed by atoms with E-state index in [-0.39, 0.29) is 22.0 Å². The highest BCUT2D eigenvalue weighted by Crippen LogP contribution is 2.21. The molecule has 3 rings (SSSR count). The molecular formula is C19H17N3O4S. The van der Waals surface area contributed by atoms with E-state index in [4.69, 9.17) is 0 Å². The van der Waals surface area contributed by atoms with Crippen molar-refractivity contribution < 1.29 is 18.3 Å². The van der Waals surface area contributed by atoms with Gasteiger partial charge in [-0.05, 0) is 55.0 Å². The van der Waals surface area contributed by atoms with Crippen LogP contribution in [0.4, 0.5) is 11.5 Å². The lowest BCUT2D eigenvalue weighted by molar-refractivity contribution is 0.102. The lowest BCUT2D eigenvalue weighted by atomic mass is 10.2. The monoisotopic (exact) mass is 383 g/mol. The number of sulfonamides is 1. The molecule has 0 aliphatic heterocycles. The Morgan fingerprint density at radius 1 is 1.00 bits per heavy atom. The van der Waals surface area contributed by atoms with Crippen molar-refractivity contribution in [2.75, 3.05) is 10.0 Å². The summed E-state index contributed by atoms with van der Waals surface area (Å²) >= 11 is 0. The summed E-state index contributed by atoms with van der Waals surface area (Å²) in [5, 5.41) is 12.1. The molecule has 0 aliphatic rings. The fourth-order valence-electron chi connectivity index (χ4n) is 2.35. The van der Waals surface area contributed by atoms with Crippen LogP contribution in [-0.2, 0) is 10.0 Å². The van der Waals surface area contributed by atoms with E-state index in [1.807, 2.05) is 6.07 Å². The lowest BCUT2D eigenvalue weighted by Gasteiger charge is -2.11. The van der Waals surface area contributed by atoms with E-state index in [2.05, 4.69) is 15.0 Å². The lowest BCUT2D eigenvalue weighted by Crippen LogP contribution is -2.15. The first-order chi connectivity index (χ1) is 12.9. The third kappa shape index (κ3) is 4.24. The molecule has 3 aromatic rings. The molecule has 0 fully saturated rings. The number of hydrogen-bond donors (Lipinski definition) is 3. The quantitative estimate of drug-likeness (QED) is 0.627. The third-order valence-corrected chi connectivity index (χ3v) is 5.22. The molecule has 1 aromatic heterocycles. The van der Waals surface area contributed by atoms with E-state index >= 15 is 0 Å². The van der Waals surface area contributed by atoms with Gasteiger partial charge in [0.2, 0.25) is 0 Å². The zero-order chi connectivity index (χ0) is 19.4.